The molecular formula is C13H22ClNO2PS+. The second-order valence-corrected chi connectivity index (χ2v) is 10.6. The molecule has 0 radical (unpaired) electrons. The number of nitrogens with zero attached hydrogens (tertiary/aromatic N) is 1. The van der Waals surface area contributed by atoms with E-state index in [1.54, 1.807) is 6.66 Å². The quantitative estimate of drug-likeness (QED) is 0.546. The summed E-state index contributed by atoms with van der Waals surface area (Å²) in [4.78, 5) is 0. The van der Waals surface area contributed by atoms with Crippen LogP contribution in [0.2, 0.25) is 5.02 Å². The number of rotatable bonds is 7. The van der Waals surface area contributed by atoms with Crippen LogP contribution in [0.5, 0.6) is 0 Å². The SMILES string of the molecule is CCOP(C)(=O)SCC[N+](C)(C)c1ccc(Cl)cc1. The minimum atomic E-state index is -2.49. The third-order valence-electron chi connectivity index (χ3n) is 2.87. The van der Waals surface area contributed by atoms with E-state index in [0.29, 0.717) is 6.61 Å². The fourth-order valence-electron chi connectivity index (χ4n) is 1.68. The summed E-state index contributed by atoms with van der Waals surface area (Å²) in [7, 11) is 4.26. The van der Waals surface area contributed by atoms with Crippen molar-refractivity contribution in [2.75, 3.05) is 39.7 Å². The van der Waals surface area contributed by atoms with E-state index in [9.17, 15) is 4.57 Å². The highest BCUT2D eigenvalue weighted by atomic mass is 35.5. The van der Waals surface area contributed by atoms with E-state index in [2.05, 4.69) is 14.1 Å². The van der Waals surface area contributed by atoms with Crippen molar-refractivity contribution in [2.24, 2.45) is 0 Å². The molecule has 0 aliphatic carbocycles. The summed E-state index contributed by atoms with van der Waals surface area (Å²) in [6.07, 6.45) is 0. The Morgan fingerprint density at radius 2 is 1.89 bits per heavy atom. The van der Waals surface area contributed by atoms with Gasteiger partial charge in [0.1, 0.15) is 5.69 Å². The monoisotopic (exact) mass is 322 g/mol. The topological polar surface area (TPSA) is 26.3 Å². The van der Waals surface area contributed by atoms with E-state index in [1.807, 2.05) is 31.2 Å². The number of quaternary nitrogens is 1. The van der Waals surface area contributed by atoms with Gasteiger partial charge in [0.2, 0.25) is 0 Å². The van der Waals surface area contributed by atoms with Gasteiger partial charge in [0, 0.05) is 23.8 Å². The van der Waals surface area contributed by atoms with E-state index >= 15 is 0 Å². The van der Waals surface area contributed by atoms with E-state index in [4.69, 9.17) is 16.1 Å². The van der Waals surface area contributed by atoms with E-state index in [-0.39, 0.29) is 0 Å². The largest absolute Gasteiger partial charge is 0.322 e. The van der Waals surface area contributed by atoms with Crippen molar-refractivity contribution in [1.29, 1.82) is 0 Å². The summed E-state index contributed by atoms with van der Waals surface area (Å²) < 4.78 is 18.0. The highest BCUT2D eigenvalue weighted by molar-refractivity contribution is 8.56. The zero-order valence-electron chi connectivity index (χ0n) is 11.9. The Bertz CT molecular complexity index is 450. The first kappa shape index (κ1) is 17.1. The van der Waals surface area contributed by atoms with Crippen LogP contribution in [0.3, 0.4) is 0 Å². The van der Waals surface area contributed by atoms with Crippen LogP contribution in [-0.4, -0.2) is 39.7 Å². The summed E-state index contributed by atoms with van der Waals surface area (Å²) >= 11 is 7.32. The Kier molecular flexibility index (Phi) is 6.41. The van der Waals surface area contributed by atoms with Crippen molar-refractivity contribution in [3.63, 3.8) is 0 Å². The molecule has 1 atom stereocenters. The van der Waals surface area contributed by atoms with Crippen molar-refractivity contribution in [1.82, 2.24) is 4.48 Å². The standard InChI is InChI=1S/C13H22ClNO2PS/c1-5-17-18(4,16)19-11-10-15(2,3)13-8-6-12(14)7-9-13/h6-9H,5,10-11H2,1-4H3/q+1. The average molecular weight is 323 g/mol. The molecule has 0 spiro atoms. The fraction of sp³-hybridized carbons (Fsp3) is 0.538. The molecule has 1 unspecified atom stereocenters. The van der Waals surface area contributed by atoms with Crippen molar-refractivity contribution in [3.05, 3.63) is 29.3 Å². The Labute approximate surface area is 125 Å². The van der Waals surface area contributed by atoms with Gasteiger partial charge in [-0.1, -0.05) is 23.0 Å². The van der Waals surface area contributed by atoms with Gasteiger partial charge in [0.25, 0.3) is 6.57 Å². The normalized spacial score (nSPS) is 15.2. The molecule has 1 aromatic carbocycles. The van der Waals surface area contributed by atoms with Gasteiger partial charge in [0.15, 0.2) is 0 Å². The first-order chi connectivity index (χ1) is 8.77. The summed E-state index contributed by atoms with van der Waals surface area (Å²) in [6, 6.07) is 7.85. The van der Waals surface area contributed by atoms with E-state index in [1.165, 1.54) is 17.1 Å². The van der Waals surface area contributed by atoms with Crippen molar-refractivity contribution >= 4 is 35.2 Å². The Morgan fingerprint density at radius 3 is 2.42 bits per heavy atom. The molecule has 0 bridgehead atoms. The molecular weight excluding hydrogens is 301 g/mol. The highest BCUT2D eigenvalue weighted by Gasteiger charge is 2.22. The zero-order chi connectivity index (χ0) is 14.5. The summed E-state index contributed by atoms with van der Waals surface area (Å²) in [5.74, 6) is 0.795. The molecule has 1 aromatic rings. The van der Waals surface area contributed by atoms with Crippen molar-refractivity contribution in [3.8, 4) is 0 Å². The number of halogens is 1. The van der Waals surface area contributed by atoms with Crippen LogP contribution in [-0.2, 0) is 9.09 Å². The maximum absolute atomic E-state index is 12.0. The fourth-order valence-corrected chi connectivity index (χ4v) is 5.00. The minimum Gasteiger partial charge on any atom is -0.322 e. The summed E-state index contributed by atoms with van der Waals surface area (Å²) in [5, 5.41) is 0.743. The Balaban J connectivity index is 2.56. The molecule has 0 amide bonds. The third-order valence-corrected chi connectivity index (χ3v) is 6.95. The summed E-state index contributed by atoms with van der Waals surface area (Å²) in [6.45, 7) is 2.44. The molecule has 3 nitrogen and oxygen atoms in total. The lowest BCUT2D eigenvalue weighted by Crippen LogP contribution is -2.42. The number of hydrogen-bond donors (Lipinski definition) is 0. The number of hydrogen-bond acceptors (Lipinski definition) is 3. The van der Waals surface area contributed by atoms with Crippen LogP contribution in [0.1, 0.15) is 6.92 Å². The summed E-state index contributed by atoms with van der Waals surface area (Å²) in [5.41, 5.74) is 1.19. The van der Waals surface area contributed by atoms with Crippen LogP contribution in [0.4, 0.5) is 5.69 Å². The van der Waals surface area contributed by atoms with Gasteiger partial charge in [-0.2, -0.15) is 0 Å². The minimum absolute atomic E-state index is 0.496. The van der Waals surface area contributed by atoms with Crippen LogP contribution in [0.15, 0.2) is 24.3 Å². The predicted molar refractivity (Wildman–Crippen MR) is 87.6 cm³/mol. The van der Waals surface area contributed by atoms with Crippen LogP contribution in [0, 0.1) is 0 Å². The Morgan fingerprint density at radius 1 is 1.32 bits per heavy atom. The average Bonchev–Trinajstić information content (AvgIpc) is 2.28. The smallest absolute Gasteiger partial charge is 0.254 e. The van der Waals surface area contributed by atoms with Crippen LogP contribution < -0.4 is 4.48 Å². The van der Waals surface area contributed by atoms with Crippen LogP contribution in [0.25, 0.3) is 0 Å². The second-order valence-electron chi connectivity index (χ2n) is 4.91. The van der Waals surface area contributed by atoms with Gasteiger partial charge in [-0.15, -0.1) is 0 Å². The van der Waals surface area contributed by atoms with Gasteiger partial charge in [0.05, 0.1) is 33.0 Å². The predicted octanol–water partition coefficient (Wildman–Crippen LogP) is 4.50. The molecule has 19 heavy (non-hydrogen) atoms. The lowest BCUT2D eigenvalue weighted by molar-refractivity contribution is 0.349. The second kappa shape index (κ2) is 7.14. The van der Waals surface area contributed by atoms with Gasteiger partial charge >= 0.3 is 0 Å². The van der Waals surface area contributed by atoms with Crippen molar-refractivity contribution < 1.29 is 9.09 Å². The molecule has 0 saturated carbocycles. The van der Waals surface area contributed by atoms with Crippen molar-refractivity contribution in [2.45, 2.75) is 6.92 Å². The molecule has 0 fully saturated rings. The third kappa shape index (κ3) is 5.88. The molecule has 0 aromatic heterocycles. The van der Waals surface area contributed by atoms with Gasteiger partial charge in [-0.25, -0.2) is 0 Å². The molecule has 0 N–H and O–H groups in total. The van der Waals surface area contributed by atoms with Crippen LogP contribution >= 0.6 is 29.6 Å². The first-order valence-corrected chi connectivity index (χ1v) is 10.3. The molecule has 0 saturated heterocycles. The van der Waals surface area contributed by atoms with Gasteiger partial charge in [-0.05, 0) is 19.1 Å². The first-order valence-electron chi connectivity index (χ1n) is 6.22. The van der Waals surface area contributed by atoms with Gasteiger partial charge < -0.3 is 4.52 Å². The molecule has 0 aliphatic heterocycles. The molecule has 0 heterocycles. The maximum atomic E-state index is 12.0. The maximum Gasteiger partial charge on any atom is 0.254 e. The molecule has 6 heteroatoms. The van der Waals surface area contributed by atoms with Gasteiger partial charge in [-0.3, -0.25) is 9.05 Å². The highest BCUT2D eigenvalue weighted by Crippen LogP contribution is 2.55. The molecule has 1 rings (SSSR count). The Hall–Kier alpha value is 0.01000. The molecule has 108 valence electrons. The lowest BCUT2D eigenvalue weighted by Gasteiger charge is -2.29. The number of benzene rings is 1. The molecule has 0 aliphatic rings. The van der Waals surface area contributed by atoms with E-state index < -0.39 is 6.57 Å². The zero-order valence-corrected chi connectivity index (χ0v) is 14.4. The van der Waals surface area contributed by atoms with E-state index in [0.717, 1.165) is 21.8 Å². The lowest BCUT2D eigenvalue weighted by atomic mass is 10.2.